The second-order valence-electron chi connectivity index (χ2n) is 7.42. The van der Waals surface area contributed by atoms with Crippen LogP contribution in [0.3, 0.4) is 0 Å². The van der Waals surface area contributed by atoms with Gasteiger partial charge in [0.15, 0.2) is 11.6 Å². The second-order valence-corrected chi connectivity index (χ2v) is 7.42. The lowest BCUT2D eigenvalue weighted by atomic mass is 10.0. The van der Waals surface area contributed by atoms with E-state index in [9.17, 15) is 0 Å². The van der Waals surface area contributed by atoms with Crippen LogP contribution in [0.15, 0.2) is 67.1 Å². The molecule has 0 unspecified atom stereocenters. The highest BCUT2D eigenvalue weighted by molar-refractivity contribution is 5.65. The highest BCUT2D eigenvalue weighted by Gasteiger charge is 2.13. The molecular weight excluding hydrogens is 375 g/mol. The largest absolute Gasteiger partial charge is 0.363 e. The number of benzene rings is 2. The van der Waals surface area contributed by atoms with Gasteiger partial charge in [0.05, 0.1) is 0 Å². The Morgan fingerprint density at radius 3 is 2.27 bits per heavy atom. The van der Waals surface area contributed by atoms with Crippen LogP contribution < -0.4 is 5.32 Å². The topological polar surface area (TPSA) is 50.7 Å². The van der Waals surface area contributed by atoms with E-state index in [2.05, 4.69) is 38.5 Å². The Morgan fingerprint density at radius 1 is 0.767 bits per heavy atom. The van der Waals surface area contributed by atoms with Crippen LogP contribution in [-0.2, 0) is 6.54 Å². The van der Waals surface area contributed by atoms with Crippen LogP contribution in [0.1, 0.15) is 22.4 Å². The normalized spacial score (nSPS) is 10.8. The van der Waals surface area contributed by atoms with Crippen LogP contribution in [0.4, 0.5) is 10.2 Å². The Balaban J connectivity index is 1.51. The number of halogens is 1. The lowest BCUT2D eigenvalue weighted by Gasteiger charge is -2.11. The monoisotopic (exact) mass is 398 g/mol. The maximum atomic E-state index is 15.0. The summed E-state index contributed by atoms with van der Waals surface area (Å²) in [6.07, 6.45) is 3.20. The molecule has 0 amide bonds. The van der Waals surface area contributed by atoms with Crippen molar-refractivity contribution in [3.8, 4) is 22.4 Å². The minimum atomic E-state index is -0.440. The summed E-state index contributed by atoms with van der Waals surface area (Å²) in [6, 6.07) is 18.0. The quantitative estimate of drug-likeness (QED) is 0.456. The van der Waals surface area contributed by atoms with Gasteiger partial charge in [-0.25, -0.2) is 14.4 Å². The molecule has 2 aromatic carbocycles. The molecular formula is C25H23FN4. The molecule has 1 N–H and O–H groups in total. The number of pyridine rings is 1. The van der Waals surface area contributed by atoms with Crippen LogP contribution >= 0.6 is 0 Å². The molecule has 150 valence electrons. The van der Waals surface area contributed by atoms with Crippen molar-refractivity contribution in [1.29, 1.82) is 0 Å². The zero-order valence-corrected chi connectivity index (χ0v) is 17.3. The van der Waals surface area contributed by atoms with Crippen LogP contribution in [0.2, 0.25) is 0 Å². The predicted octanol–water partition coefficient (Wildman–Crippen LogP) is 5.88. The van der Waals surface area contributed by atoms with E-state index in [-0.39, 0.29) is 5.82 Å². The molecule has 0 radical (unpaired) electrons. The Hall–Kier alpha value is -3.60. The molecule has 0 saturated carbocycles. The van der Waals surface area contributed by atoms with Crippen LogP contribution in [-0.4, -0.2) is 15.0 Å². The molecule has 0 aliphatic carbocycles. The van der Waals surface area contributed by atoms with Crippen molar-refractivity contribution >= 4 is 5.82 Å². The molecule has 2 heterocycles. The van der Waals surface area contributed by atoms with Crippen molar-refractivity contribution in [1.82, 2.24) is 15.0 Å². The van der Waals surface area contributed by atoms with E-state index in [0.29, 0.717) is 12.2 Å². The SMILES string of the molecule is Cc1cc(-c2ccc(CNc3ncnc(-c4ccc(C)c(C)c4)c3F)cc2)ccn1. The summed E-state index contributed by atoms with van der Waals surface area (Å²) < 4.78 is 15.0. The molecule has 2 aromatic heterocycles. The van der Waals surface area contributed by atoms with Gasteiger partial charge < -0.3 is 5.32 Å². The van der Waals surface area contributed by atoms with Gasteiger partial charge in [0.1, 0.15) is 12.0 Å². The number of hydrogen-bond acceptors (Lipinski definition) is 4. The number of nitrogens with zero attached hydrogens (tertiary/aromatic N) is 3. The molecule has 0 aliphatic heterocycles. The molecule has 0 bridgehead atoms. The Bertz CT molecular complexity index is 1190. The Labute approximate surface area is 175 Å². The third-order valence-electron chi connectivity index (χ3n) is 5.21. The summed E-state index contributed by atoms with van der Waals surface area (Å²) in [5.41, 5.74) is 7.59. The fourth-order valence-corrected chi connectivity index (χ4v) is 3.31. The lowest BCUT2D eigenvalue weighted by Crippen LogP contribution is -2.06. The van der Waals surface area contributed by atoms with E-state index in [1.165, 1.54) is 6.33 Å². The van der Waals surface area contributed by atoms with Crippen molar-refractivity contribution < 1.29 is 4.39 Å². The maximum Gasteiger partial charge on any atom is 0.191 e. The van der Waals surface area contributed by atoms with E-state index >= 15 is 4.39 Å². The summed E-state index contributed by atoms with van der Waals surface area (Å²) >= 11 is 0. The number of aromatic nitrogens is 3. The van der Waals surface area contributed by atoms with Crippen molar-refractivity contribution in [3.05, 3.63) is 95.3 Å². The summed E-state index contributed by atoms with van der Waals surface area (Å²) in [7, 11) is 0. The molecule has 0 fully saturated rings. The molecule has 4 aromatic rings. The minimum absolute atomic E-state index is 0.201. The average Bonchev–Trinajstić information content (AvgIpc) is 2.75. The van der Waals surface area contributed by atoms with Gasteiger partial charge in [0.2, 0.25) is 0 Å². The van der Waals surface area contributed by atoms with Crippen molar-refractivity contribution in [3.63, 3.8) is 0 Å². The van der Waals surface area contributed by atoms with Crippen molar-refractivity contribution in [2.75, 3.05) is 5.32 Å². The van der Waals surface area contributed by atoms with Crippen LogP contribution in [0, 0.1) is 26.6 Å². The van der Waals surface area contributed by atoms with E-state index in [4.69, 9.17) is 0 Å². The van der Waals surface area contributed by atoms with Gasteiger partial charge in [0, 0.05) is 24.0 Å². The molecule has 0 aliphatic rings. The van der Waals surface area contributed by atoms with Gasteiger partial charge in [-0.15, -0.1) is 0 Å². The molecule has 0 saturated heterocycles. The minimum Gasteiger partial charge on any atom is -0.363 e. The van der Waals surface area contributed by atoms with Gasteiger partial charge in [0.25, 0.3) is 0 Å². The first-order valence-corrected chi connectivity index (χ1v) is 9.85. The smallest absolute Gasteiger partial charge is 0.191 e. The number of anilines is 1. The lowest BCUT2D eigenvalue weighted by molar-refractivity contribution is 0.621. The zero-order valence-electron chi connectivity index (χ0n) is 17.3. The molecule has 0 atom stereocenters. The average molecular weight is 398 g/mol. The summed E-state index contributed by atoms with van der Waals surface area (Å²) in [5.74, 6) is -0.239. The standard InChI is InChI=1S/C25H23FN4/c1-16-4-7-22(12-17(16)2)24-23(26)25(30-15-29-24)28-14-19-5-8-20(9-6-19)21-10-11-27-18(3)13-21/h4-13,15H,14H2,1-3H3,(H,28,29,30). The zero-order chi connectivity index (χ0) is 21.1. The van der Waals surface area contributed by atoms with Gasteiger partial charge >= 0.3 is 0 Å². The number of nitrogens with one attached hydrogen (secondary N) is 1. The third kappa shape index (κ3) is 4.20. The third-order valence-corrected chi connectivity index (χ3v) is 5.21. The first kappa shape index (κ1) is 19.7. The van der Waals surface area contributed by atoms with E-state index < -0.39 is 5.82 Å². The summed E-state index contributed by atoms with van der Waals surface area (Å²) in [6.45, 7) is 6.48. The fourth-order valence-electron chi connectivity index (χ4n) is 3.31. The molecule has 5 heteroatoms. The highest BCUT2D eigenvalue weighted by atomic mass is 19.1. The summed E-state index contributed by atoms with van der Waals surface area (Å²) in [5, 5.41) is 3.10. The fraction of sp³-hybridized carbons (Fsp3) is 0.160. The molecule has 4 nitrogen and oxygen atoms in total. The molecule has 0 spiro atoms. The molecule has 30 heavy (non-hydrogen) atoms. The number of aryl methyl sites for hydroxylation is 3. The Morgan fingerprint density at radius 2 is 1.53 bits per heavy atom. The van der Waals surface area contributed by atoms with Crippen LogP contribution in [0.5, 0.6) is 0 Å². The van der Waals surface area contributed by atoms with Gasteiger partial charge in [-0.2, -0.15) is 0 Å². The van der Waals surface area contributed by atoms with Gasteiger partial charge in [-0.3, -0.25) is 4.98 Å². The van der Waals surface area contributed by atoms with Crippen molar-refractivity contribution in [2.24, 2.45) is 0 Å². The van der Waals surface area contributed by atoms with Gasteiger partial charge in [-0.05, 0) is 66.8 Å². The van der Waals surface area contributed by atoms with Gasteiger partial charge in [-0.1, -0.05) is 36.4 Å². The van der Waals surface area contributed by atoms with E-state index in [1.807, 2.05) is 63.4 Å². The van der Waals surface area contributed by atoms with E-state index in [1.54, 1.807) is 0 Å². The maximum absolute atomic E-state index is 15.0. The highest BCUT2D eigenvalue weighted by Crippen LogP contribution is 2.26. The predicted molar refractivity (Wildman–Crippen MR) is 119 cm³/mol. The summed E-state index contributed by atoms with van der Waals surface area (Å²) in [4.78, 5) is 12.5. The number of rotatable bonds is 5. The molecule has 4 rings (SSSR count). The van der Waals surface area contributed by atoms with E-state index in [0.717, 1.165) is 39.1 Å². The Kier molecular flexibility index (Phi) is 5.53. The first-order valence-electron chi connectivity index (χ1n) is 9.85. The first-order chi connectivity index (χ1) is 14.5. The van der Waals surface area contributed by atoms with Crippen molar-refractivity contribution in [2.45, 2.75) is 27.3 Å². The second kappa shape index (κ2) is 8.41. The van der Waals surface area contributed by atoms with Crippen LogP contribution in [0.25, 0.3) is 22.4 Å². The number of hydrogen-bond donors (Lipinski definition) is 1.